The number of nitrogens with zero attached hydrogens (tertiary/aromatic N) is 1. The number of carbonyl (C=O) groups is 2. The number of esters is 1. The molecule has 0 bridgehead atoms. The minimum atomic E-state index is -0.324. The third kappa shape index (κ3) is 3.46. The summed E-state index contributed by atoms with van der Waals surface area (Å²) in [6, 6.07) is 0. The lowest BCUT2D eigenvalue weighted by Gasteiger charge is -2.16. The van der Waals surface area contributed by atoms with E-state index < -0.39 is 0 Å². The van der Waals surface area contributed by atoms with Crippen molar-refractivity contribution in [2.75, 3.05) is 39.9 Å². The monoisotopic (exact) mass is 230 g/mol. The van der Waals surface area contributed by atoms with Crippen molar-refractivity contribution >= 4 is 11.9 Å². The van der Waals surface area contributed by atoms with Crippen molar-refractivity contribution in [1.29, 1.82) is 0 Å². The molecule has 0 spiro atoms. The van der Waals surface area contributed by atoms with Crippen molar-refractivity contribution < 1.29 is 19.4 Å². The molecule has 2 N–H and O–H groups in total. The summed E-state index contributed by atoms with van der Waals surface area (Å²) >= 11 is 0. The van der Waals surface area contributed by atoms with Gasteiger partial charge in [-0.15, -0.1) is 0 Å². The fourth-order valence-electron chi connectivity index (χ4n) is 1.73. The average molecular weight is 230 g/mol. The largest absolute Gasteiger partial charge is 0.469 e. The highest BCUT2D eigenvalue weighted by Gasteiger charge is 2.34. The molecule has 1 saturated heterocycles. The molecule has 1 amide bonds. The van der Waals surface area contributed by atoms with Crippen molar-refractivity contribution in [2.24, 2.45) is 5.92 Å². The summed E-state index contributed by atoms with van der Waals surface area (Å²) in [5.74, 6) is -0.657. The van der Waals surface area contributed by atoms with Crippen molar-refractivity contribution in [3.05, 3.63) is 0 Å². The molecule has 0 aliphatic carbocycles. The minimum Gasteiger partial charge on any atom is -0.469 e. The summed E-state index contributed by atoms with van der Waals surface area (Å²) in [5.41, 5.74) is 0. The quantitative estimate of drug-likeness (QED) is 0.433. The molecule has 1 aliphatic heterocycles. The van der Waals surface area contributed by atoms with Gasteiger partial charge in [-0.05, 0) is 0 Å². The Kier molecular flexibility index (Phi) is 5.21. The van der Waals surface area contributed by atoms with E-state index in [0.29, 0.717) is 26.2 Å². The minimum absolute atomic E-state index is 0.0128. The summed E-state index contributed by atoms with van der Waals surface area (Å²) in [4.78, 5) is 24.4. The van der Waals surface area contributed by atoms with Crippen LogP contribution in [0.1, 0.15) is 6.42 Å². The molecule has 0 aromatic heterocycles. The number of amides is 1. The molecule has 1 atom stereocenters. The molecule has 1 heterocycles. The van der Waals surface area contributed by atoms with Gasteiger partial charge in [0.2, 0.25) is 5.91 Å². The maximum absolute atomic E-state index is 11.5. The standard InChI is InChI=1S/C10H18N2O4/c1-16-10(15)8-6-9(14)12(7-8)4-2-11-3-5-13/h8,11,13H,2-7H2,1H3. The Hall–Kier alpha value is -1.14. The van der Waals surface area contributed by atoms with Crippen LogP contribution in [-0.4, -0.2) is 61.8 Å². The topological polar surface area (TPSA) is 78.9 Å². The van der Waals surface area contributed by atoms with E-state index in [9.17, 15) is 9.59 Å². The van der Waals surface area contributed by atoms with Crippen molar-refractivity contribution in [1.82, 2.24) is 10.2 Å². The average Bonchev–Trinajstić information content (AvgIpc) is 2.65. The maximum atomic E-state index is 11.5. The number of carbonyl (C=O) groups excluding carboxylic acids is 2. The zero-order valence-corrected chi connectivity index (χ0v) is 9.44. The van der Waals surface area contributed by atoms with E-state index >= 15 is 0 Å². The lowest BCUT2D eigenvalue weighted by atomic mass is 10.1. The van der Waals surface area contributed by atoms with Crippen LogP contribution in [0, 0.1) is 5.92 Å². The number of hydrogen-bond acceptors (Lipinski definition) is 5. The first-order valence-electron chi connectivity index (χ1n) is 5.36. The Morgan fingerprint density at radius 2 is 2.38 bits per heavy atom. The zero-order chi connectivity index (χ0) is 12.0. The maximum Gasteiger partial charge on any atom is 0.310 e. The van der Waals surface area contributed by atoms with Gasteiger partial charge in [0.05, 0.1) is 19.6 Å². The molecular formula is C10H18N2O4. The number of aliphatic hydroxyl groups excluding tert-OH is 1. The van der Waals surface area contributed by atoms with Crippen LogP contribution in [0.2, 0.25) is 0 Å². The number of methoxy groups -OCH3 is 1. The predicted molar refractivity (Wildman–Crippen MR) is 56.7 cm³/mol. The molecule has 92 valence electrons. The Balaban J connectivity index is 2.28. The smallest absolute Gasteiger partial charge is 0.310 e. The number of hydrogen-bond donors (Lipinski definition) is 2. The van der Waals surface area contributed by atoms with Gasteiger partial charge in [0.15, 0.2) is 0 Å². The SMILES string of the molecule is COC(=O)C1CC(=O)N(CCNCCO)C1. The lowest BCUT2D eigenvalue weighted by molar-refractivity contribution is -0.145. The molecule has 1 rings (SSSR count). The number of nitrogens with one attached hydrogen (secondary N) is 1. The second-order valence-electron chi connectivity index (χ2n) is 3.74. The van der Waals surface area contributed by atoms with Gasteiger partial charge in [-0.25, -0.2) is 0 Å². The molecule has 16 heavy (non-hydrogen) atoms. The fourth-order valence-corrected chi connectivity index (χ4v) is 1.73. The second-order valence-corrected chi connectivity index (χ2v) is 3.74. The van der Waals surface area contributed by atoms with Crippen LogP contribution >= 0.6 is 0 Å². The summed E-state index contributed by atoms with van der Waals surface area (Å²) in [7, 11) is 1.33. The number of ether oxygens (including phenoxy) is 1. The van der Waals surface area contributed by atoms with Gasteiger partial charge in [0.1, 0.15) is 0 Å². The van der Waals surface area contributed by atoms with E-state index in [1.165, 1.54) is 7.11 Å². The zero-order valence-electron chi connectivity index (χ0n) is 9.44. The third-order valence-corrected chi connectivity index (χ3v) is 2.60. The third-order valence-electron chi connectivity index (χ3n) is 2.60. The van der Waals surface area contributed by atoms with Crippen molar-refractivity contribution in [3.63, 3.8) is 0 Å². The highest BCUT2D eigenvalue weighted by atomic mass is 16.5. The first-order valence-corrected chi connectivity index (χ1v) is 5.36. The highest BCUT2D eigenvalue weighted by molar-refractivity contribution is 5.86. The Bertz CT molecular complexity index is 257. The van der Waals surface area contributed by atoms with Crippen LogP contribution in [0.3, 0.4) is 0 Å². The summed E-state index contributed by atoms with van der Waals surface area (Å²) < 4.78 is 4.61. The van der Waals surface area contributed by atoms with E-state index in [2.05, 4.69) is 10.1 Å². The predicted octanol–water partition coefficient (Wildman–Crippen LogP) is -1.41. The van der Waals surface area contributed by atoms with Crippen LogP contribution in [0.4, 0.5) is 0 Å². The van der Waals surface area contributed by atoms with E-state index in [4.69, 9.17) is 5.11 Å². The van der Waals surface area contributed by atoms with Crippen molar-refractivity contribution in [3.8, 4) is 0 Å². The van der Waals surface area contributed by atoms with Gasteiger partial charge in [0, 0.05) is 32.6 Å². The van der Waals surface area contributed by atoms with Crippen LogP contribution in [0.5, 0.6) is 0 Å². The molecule has 1 aliphatic rings. The number of rotatable bonds is 6. The molecule has 0 saturated carbocycles. The Morgan fingerprint density at radius 3 is 3.00 bits per heavy atom. The Labute approximate surface area is 94.6 Å². The van der Waals surface area contributed by atoms with Crippen LogP contribution in [-0.2, 0) is 14.3 Å². The first-order chi connectivity index (χ1) is 7.69. The molecular weight excluding hydrogens is 212 g/mol. The van der Waals surface area contributed by atoms with Gasteiger partial charge in [-0.1, -0.05) is 0 Å². The lowest BCUT2D eigenvalue weighted by Crippen LogP contribution is -2.34. The van der Waals surface area contributed by atoms with E-state index in [-0.39, 0.29) is 30.8 Å². The van der Waals surface area contributed by atoms with Gasteiger partial charge >= 0.3 is 5.97 Å². The molecule has 6 nitrogen and oxygen atoms in total. The van der Waals surface area contributed by atoms with Gasteiger partial charge in [-0.2, -0.15) is 0 Å². The molecule has 0 aromatic carbocycles. The Morgan fingerprint density at radius 1 is 1.62 bits per heavy atom. The molecule has 6 heteroatoms. The summed E-state index contributed by atoms with van der Waals surface area (Å²) in [5, 5.41) is 11.5. The summed E-state index contributed by atoms with van der Waals surface area (Å²) in [6.07, 6.45) is 0.243. The highest BCUT2D eigenvalue weighted by Crippen LogP contribution is 2.18. The van der Waals surface area contributed by atoms with Gasteiger partial charge < -0.3 is 20.1 Å². The van der Waals surface area contributed by atoms with Gasteiger partial charge in [-0.3, -0.25) is 9.59 Å². The van der Waals surface area contributed by atoms with E-state index in [1.807, 2.05) is 0 Å². The van der Waals surface area contributed by atoms with E-state index in [0.717, 1.165) is 0 Å². The second kappa shape index (κ2) is 6.44. The fraction of sp³-hybridized carbons (Fsp3) is 0.800. The molecule has 0 radical (unpaired) electrons. The molecule has 1 unspecified atom stereocenters. The summed E-state index contributed by atoms with van der Waals surface area (Å²) in [6.45, 7) is 2.22. The first kappa shape index (κ1) is 12.9. The van der Waals surface area contributed by atoms with Crippen molar-refractivity contribution in [2.45, 2.75) is 6.42 Å². The van der Waals surface area contributed by atoms with Crippen LogP contribution in [0.15, 0.2) is 0 Å². The molecule has 0 aromatic rings. The normalized spacial score (nSPS) is 20.2. The van der Waals surface area contributed by atoms with Gasteiger partial charge in [0.25, 0.3) is 0 Å². The van der Waals surface area contributed by atoms with Crippen LogP contribution in [0.25, 0.3) is 0 Å². The molecule has 1 fully saturated rings. The number of aliphatic hydroxyl groups is 1. The number of likely N-dealkylation sites (tertiary alicyclic amines) is 1. The van der Waals surface area contributed by atoms with Crippen LogP contribution < -0.4 is 5.32 Å². The van der Waals surface area contributed by atoms with E-state index in [1.54, 1.807) is 4.90 Å².